The van der Waals surface area contributed by atoms with Gasteiger partial charge in [-0.2, -0.15) is 0 Å². The van der Waals surface area contributed by atoms with Gasteiger partial charge in [0.2, 0.25) is 0 Å². The Morgan fingerprint density at radius 2 is 2.22 bits per heavy atom. The van der Waals surface area contributed by atoms with Gasteiger partial charge in [-0.25, -0.2) is 9.78 Å². The zero-order valence-electron chi connectivity index (χ0n) is 9.31. The fraction of sp³-hybridized carbons (Fsp3) is 0.300. The molecule has 18 heavy (non-hydrogen) atoms. The molecule has 1 amide bonds. The van der Waals surface area contributed by atoms with Gasteiger partial charge in [0.05, 0.1) is 10.0 Å². The fourth-order valence-electron chi connectivity index (χ4n) is 0.947. The van der Waals surface area contributed by atoms with E-state index in [1.807, 2.05) is 0 Å². The molecule has 2 N–H and O–H groups in total. The van der Waals surface area contributed by atoms with Crippen molar-refractivity contribution in [2.75, 3.05) is 11.9 Å². The zero-order chi connectivity index (χ0) is 13.7. The van der Waals surface area contributed by atoms with Gasteiger partial charge >= 0.3 is 5.97 Å². The third-order valence-corrected chi connectivity index (χ3v) is 2.37. The number of anilines is 1. The predicted molar refractivity (Wildman–Crippen MR) is 65.9 cm³/mol. The van der Waals surface area contributed by atoms with Crippen molar-refractivity contribution in [3.05, 3.63) is 22.3 Å². The largest absolute Gasteiger partial charge is 0.479 e. The molecule has 0 unspecified atom stereocenters. The Morgan fingerprint density at radius 1 is 1.56 bits per heavy atom. The molecule has 1 aromatic heterocycles. The molecule has 0 aromatic carbocycles. The summed E-state index contributed by atoms with van der Waals surface area (Å²) in [4.78, 5) is 25.7. The van der Waals surface area contributed by atoms with Gasteiger partial charge in [-0.3, -0.25) is 4.79 Å². The summed E-state index contributed by atoms with van der Waals surface area (Å²) in [5.74, 6) is -1.57. The van der Waals surface area contributed by atoms with Crippen LogP contribution in [0.5, 0.6) is 0 Å². The summed E-state index contributed by atoms with van der Waals surface area (Å²) < 4.78 is 4.79. The number of nitrogens with one attached hydrogen (secondary N) is 1. The van der Waals surface area contributed by atoms with Crippen LogP contribution in [-0.4, -0.2) is 34.7 Å². The molecular formula is C10H10Cl2N2O4. The number of carbonyl (C=O) groups is 2. The molecule has 0 spiro atoms. The Bertz CT molecular complexity index is 467. The first-order chi connectivity index (χ1) is 8.40. The van der Waals surface area contributed by atoms with Crippen LogP contribution in [0.2, 0.25) is 10.0 Å². The number of nitrogens with zero attached hydrogens (tertiary/aromatic N) is 1. The van der Waals surface area contributed by atoms with E-state index in [-0.39, 0.29) is 10.8 Å². The molecule has 0 aliphatic heterocycles. The van der Waals surface area contributed by atoms with Crippen LogP contribution in [0.1, 0.15) is 6.92 Å². The lowest BCUT2D eigenvalue weighted by molar-refractivity contribution is -0.150. The van der Waals surface area contributed by atoms with Gasteiger partial charge in [-0.1, -0.05) is 23.2 Å². The quantitative estimate of drug-likeness (QED) is 0.864. The van der Waals surface area contributed by atoms with E-state index in [0.29, 0.717) is 5.02 Å². The predicted octanol–water partition coefficient (Wildman–Crippen LogP) is 1.82. The molecule has 0 saturated heterocycles. The van der Waals surface area contributed by atoms with Gasteiger partial charge in [0, 0.05) is 6.20 Å². The van der Waals surface area contributed by atoms with Gasteiger partial charge in [0.25, 0.3) is 5.91 Å². The first-order valence-corrected chi connectivity index (χ1v) is 5.61. The van der Waals surface area contributed by atoms with Crippen LogP contribution in [0.4, 0.5) is 5.82 Å². The topological polar surface area (TPSA) is 88.5 Å². The van der Waals surface area contributed by atoms with Crippen LogP contribution in [0.3, 0.4) is 0 Å². The number of amides is 1. The fourth-order valence-corrected chi connectivity index (χ4v) is 1.37. The van der Waals surface area contributed by atoms with Crippen molar-refractivity contribution in [1.29, 1.82) is 0 Å². The maximum Gasteiger partial charge on any atom is 0.332 e. The number of aromatic nitrogens is 1. The van der Waals surface area contributed by atoms with Crippen LogP contribution in [0.15, 0.2) is 12.3 Å². The first kappa shape index (κ1) is 14.7. The van der Waals surface area contributed by atoms with E-state index >= 15 is 0 Å². The average molecular weight is 293 g/mol. The monoisotopic (exact) mass is 292 g/mol. The van der Waals surface area contributed by atoms with E-state index in [9.17, 15) is 9.59 Å². The summed E-state index contributed by atoms with van der Waals surface area (Å²) >= 11 is 11.4. The third kappa shape index (κ3) is 4.48. The lowest BCUT2D eigenvalue weighted by Crippen LogP contribution is -2.26. The smallest absolute Gasteiger partial charge is 0.332 e. The van der Waals surface area contributed by atoms with E-state index in [2.05, 4.69) is 10.3 Å². The lowest BCUT2D eigenvalue weighted by atomic mass is 10.4. The Kier molecular flexibility index (Phi) is 5.33. The highest BCUT2D eigenvalue weighted by molar-refractivity contribution is 6.36. The average Bonchev–Trinajstić information content (AvgIpc) is 2.29. The van der Waals surface area contributed by atoms with Gasteiger partial charge in [-0.05, 0) is 13.0 Å². The molecule has 0 bridgehead atoms. The normalized spacial score (nSPS) is 11.9. The van der Waals surface area contributed by atoms with Crippen LogP contribution >= 0.6 is 23.2 Å². The highest BCUT2D eigenvalue weighted by Gasteiger charge is 2.14. The minimum atomic E-state index is -1.15. The number of carboxylic acid groups (broad SMARTS) is 1. The number of halogens is 2. The molecular weight excluding hydrogens is 283 g/mol. The first-order valence-electron chi connectivity index (χ1n) is 4.85. The second-order valence-corrected chi connectivity index (χ2v) is 4.17. The highest BCUT2D eigenvalue weighted by Crippen LogP contribution is 2.22. The number of aliphatic carboxylic acids is 1. The third-order valence-electron chi connectivity index (χ3n) is 1.88. The molecule has 8 heteroatoms. The molecule has 6 nitrogen and oxygen atoms in total. The van der Waals surface area contributed by atoms with Crippen molar-refractivity contribution < 1.29 is 19.4 Å². The maximum absolute atomic E-state index is 11.4. The molecule has 0 fully saturated rings. The highest BCUT2D eigenvalue weighted by atomic mass is 35.5. The Labute approximate surface area is 113 Å². The van der Waals surface area contributed by atoms with Crippen LogP contribution in [0.25, 0.3) is 0 Å². The van der Waals surface area contributed by atoms with Crippen molar-refractivity contribution in [1.82, 2.24) is 4.98 Å². The minimum absolute atomic E-state index is 0.137. The Hall–Kier alpha value is -1.37. The summed E-state index contributed by atoms with van der Waals surface area (Å²) in [5.41, 5.74) is 0. The standard InChI is InChI=1S/C10H10Cl2N2O4/c1-5(10(16)17)18-4-8(15)14-9-7(12)2-6(11)3-13-9/h2-3,5H,4H2,1H3,(H,16,17)(H,13,14,15)/t5-/m0/s1. The second kappa shape index (κ2) is 6.53. The number of ether oxygens (including phenoxy) is 1. The molecule has 1 atom stereocenters. The van der Waals surface area contributed by atoms with Crippen molar-refractivity contribution in [2.24, 2.45) is 0 Å². The number of pyridine rings is 1. The van der Waals surface area contributed by atoms with Crippen LogP contribution < -0.4 is 5.32 Å². The Morgan fingerprint density at radius 3 is 2.78 bits per heavy atom. The van der Waals surface area contributed by atoms with Gasteiger partial charge in [0.15, 0.2) is 11.9 Å². The molecule has 98 valence electrons. The summed E-state index contributed by atoms with van der Waals surface area (Å²) in [6, 6.07) is 1.42. The van der Waals surface area contributed by atoms with Crippen LogP contribution in [-0.2, 0) is 14.3 Å². The van der Waals surface area contributed by atoms with Crippen molar-refractivity contribution >= 4 is 40.9 Å². The summed E-state index contributed by atoms with van der Waals surface area (Å²) in [6.07, 6.45) is 0.258. The minimum Gasteiger partial charge on any atom is -0.479 e. The Balaban J connectivity index is 2.52. The van der Waals surface area contributed by atoms with E-state index in [4.69, 9.17) is 33.0 Å². The SMILES string of the molecule is C[C@H](OCC(=O)Nc1ncc(Cl)cc1Cl)C(=O)O. The van der Waals surface area contributed by atoms with E-state index < -0.39 is 24.6 Å². The number of carbonyl (C=O) groups excluding carboxylic acids is 1. The molecule has 1 aromatic rings. The molecule has 0 aliphatic rings. The lowest BCUT2D eigenvalue weighted by Gasteiger charge is -2.09. The molecule has 1 rings (SSSR count). The zero-order valence-corrected chi connectivity index (χ0v) is 10.8. The number of hydrogen-bond acceptors (Lipinski definition) is 4. The van der Waals surface area contributed by atoms with Crippen molar-refractivity contribution in [3.63, 3.8) is 0 Å². The van der Waals surface area contributed by atoms with Gasteiger partial charge in [0.1, 0.15) is 6.61 Å². The van der Waals surface area contributed by atoms with Gasteiger partial charge < -0.3 is 15.2 Å². The van der Waals surface area contributed by atoms with E-state index in [0.717, 1.165) is 0 Å². The number of hydrogen-bond donors (Lipinski definition) is 2. The number of carboxylic acids is 1. The van der Waals surface area contributed by atoms with E-state index in [1.54, 1.807) is 0 Å². The summed E-state index contributed by atoms with van der Waals surface area (Å²) in [7, 11) is 0. The van der Waals surface area contributed by atoms with Crippen LogP contribution in [0, 0.1) is 0 Å². The summed E-state index contributed by atoms with van der Waals surface area (Å²) in [6.45, 7) is 0.914. The molecule has 1 heterocycles. The van der Waals surface area contributed by atoms with E-state index in [1.165, 1.54) is 19.2 Å². The van der Waals surface area contributed by atoms with Crippen molar-refractivity contribution in [3.8, 4) is 0 Å². The van der Waals surface area contributed by atoms with Gasteiger partial charge in [-0.15, -0.1) is 0 Å². The molecule has 0 aliphatic carbocycles. The molecule has 0 radical (unpaired) electrons. The summed E-state index contributed by atoms with van der Waals surface area (Å²) in [5, 5.41) is 11.5. The number of rotatable bonds is 5. The second-order valence-electron chi connectivity index (χ2n) is 3.32. The van der Waals surface area contributed by atoms with Crippen molar-refractivity contribution in [2.45, 2.75) is 13.0 Å². The maximum atomic E-state index is 11.4. The molecule has 0 saturated carbocycles.